The molecule has 0 bridgehead atoms. The van der Waals surface area contributed by atoms with E-state index in [4.69, 9.17) is 25.8 Å². The maximum Gasteiger partial charge on any atom is 0.338 e. The lowest BCUT2D eigenvalue weighted by atomic mass is 10.1. The highest BCUT2D eigenvalue weighted by molar-refractivity contribution is 9.10. The number of nitrogens with one attached hydrogen (secondary N) is 1. The minimum atomic E-state index is -0.332. The van der Waals surface area contributed by atoms with Crippen LogP contribution in [0, 0.1) is 0 Å². The Morgan fingerprint density at radius 3 is 2.55 bits per heavy atom. The van der Waals surface area contributed by atoms with Gasteiger partial charge in [-0.3, -0.25) is 0 Å². The first-order valence-electron chi connectivity index (χ1n) is 9.75. The first-order valence-corrected chi connectivity index (χ1v) is 10.9. The van der Waals surface area contributed by atoms with Gasteiger partial charge in [0.2, 0.25) is 0 Å². The molecule has 0 aliphatic rings. The van der Waals surface area contributed by atoms with Crippen LogP contribution < -0.4 is 14.8 Å². The summed E-state index contributed by atoms with van der Waals surface area (Å²) in [4.78, 5) is 11.8. The van der Waals surface area contributed by atoms with Gasteiger partial charge in [-0.2, -0.15) is 0 Å². The van der Waals surface area contributed by atoms with Crippen LogP contribution in [-0.2, 0) is 17.9 Å². The molecule has 5 nitrogen and oxygen atoms in total. The Hall–Kier alpha value is -2.70. The Labute approximate surface area is 195 Å². The van der Waals surface area contributed by atoms with E-state index in [0.29, 0.717) is 41.8 Å². The molecule has 0 spiro atoms. The van der Waals surface area contributed by atoms with Gasteiger partial charge >= 0.3 is 5.97 Å². The SMILES string of the molecule is CCOC(=O)c1ccc(NCc2c(Br)ccc(OC)c2OCc2cccc(Cl)c2)cc1. The maximum atomic E-state index is 11.8. The van der Waals surface area contributed by atoms with E-state index in [1.165, 1.54) is 0 Å². The van der Waals surface area contributed by atoms with Crippen molar-refractivity contribution in [3.63, 3.8) is 0 Å². The highest BCUT2D eigenvalue weighted by Crippen LogP contribution is 2.37. The van der Waals surface area contributed by atoms with Gasteiger partial charge in [0.15, 0.2) is 11.5 Å². The van der Waals surface area contributed by atoms with E-state index in [1.54, 1.807) is 26.2 Å². The monoisotopic (exact) mass is 503 g/mol. The molecule has 0 aliphatic heterocycles. The second kappa shape index (κ2) is 11.1. The maximum absolute atomic E-state index is 11.8. The molecule has 0 fully saturated rings. The van der Waals surface area contributed by atoms with E-state index in [0.717, 1.165) is 21.3 Å². The lowest BCUT2D eigenvalue weighted by Crippen LogP contribution is -2.07. The molecule has 3 aromatic carbocycles. The van der Waals surface area contributed by atoms with Crippen molar-refractivity contribution in [2.75, 3.05) is 19.0 Å². The second-order valence-electron chi connectivity index (χ2n) is 6.63. The highest BCUT2D eigenvalue weighted by Gasteiger charge is 2.15. The van der Waals surface area contributed by atoms with Crippen LogP contribution >= 0.6 is 27.5 Å². The van der Waals surface area contributed by atoms with E-state index < -0.39 is 0 Å². The summed E-state index contributed by atoms with van der Waals surface area (Å²) in [6.45, 7) is 2.97. The minimum absolute atomic E-state index is 0.332. The molecule has 0 saturated carbocycles. The molecule has 1 N–H and O–H groups in total. The molecular weight excluding hydrogens is 482 g/mol. The van der Waals surface area contributed by atoms with Crippen LogP contribution in [0.2, 0.25) is 5.02 Å². The number of rotatable bonds is 9. The fourth-order valence-electron chi connectivity index (χ4n) is 2.98. The van der Waals surface area contributed by atoms with E-state index in [1.807, 2.05) is 48.5 Å². The van der Waals surface area contributed by atoms with Crippen LogP contribution in [-0.4, -0.2) is 19.7 Å². The van der Waals surface area contributed by atoms with Crippen LogP contribution in [0.25, 0.3) is 0 Å². The number of anilines is 1. The number of hydrogen-bond donors (Lipinski definition) is 1. The van der Waals surface area contributed by atoms with Crippen molar-refractivity contribution in [2.45, 2.75) is 20.1 Å². The van der Waals surface area contributed by atoms with Crippen molar-refractivity contribution in [1.29, 1.82) is 0 Å². The number of methoxy groups -OCH3 is 1. The topological polar surface area (TPSA) is 56.8 Å². The Balaban J connectivity index is 1.76. The molecule has 0 unspecified atom stereocenters. The van der Waals surface area contributed by atoms with Crippen LogP contribution in [0.3, 0.4) is 0 Å². The van der Waals surface area contributed by atoms with Gasteiger partial charge in [-0.05, 0) is 61.0 Å². The predicted molar refractivity (Wildman–Crippen MR) is 126 cm³/mol. The zero-order valence-corrected chi connectivity index (χ0v) is 19.6. The molecule has 0 aliphatic carbocycles. The average molecular weight is 505 g/mol. The molecule has 3 rings (SSSR count). The van der Waals surface area contributed by atoms with Gasteiger partial charge in [-0.1, -0.05) is 39.7 Å². The number of ether oxygens (including phenoxy) is 3. The van der Waals surface area contributed by atoms with Gasteiger partial charge in [-0.25, -0.2) is 4.79 Å². The van der Waals surface area contributed by atoms with Gasteiger partial charge in [0.05, 0.1) is 19.3 Å². The first kappa shape index (κ1) is 23.0. The largest absolute Gasteiger partial charge is 0.493 e. The Morgan fingerprint density at radius 2 is 1.87 bits per heavy atom. The first-order chi connectivity index (χ1) is 15.0. The molecule has 0 radical (unpaired) electrons. The molecular formula is C24H23BrClNO4. The minimum Gasteiger partial charge on any atom is -0.493 e. The summed E-state index contributed by atoms with van der Waals surface area (Å²) in [6, 6.07) is 18.5. The summed E-state index contributed by atoms with van der Waals surface area (Å²) >= 11 is 9.69. The molecule has 162 valence electrons. The fraction of sp³-hybridized carbons (Fsp3) is 0.208. The molecule has 0 aromatic heterocycles. The number of esters is 1. The van der Waals surface area contributed by atoms with E-state index in [9.17, 15) is 4.79 Å². The van der Waals surface area contributed by atoms with Crippen LogP contribution in [0.1, 0.15) is 28.4 Å². The predicted octanol–water partition coefficient (Wildman–Crippen LogP) is 6.48. The van der Waals surface area contributed by atoms with E-state index in [2.05, 4.69) is 21.2 Å². The normalized spacial score (nSPS) is 10.5. The summed E-state index contributed by atoms with van der Waals surface area (Å²) < 4.78 is 17.6. The van der Waals surface area contributed by atoms with E-state index in [-0.39, 0.29) is 5.97 Å². The quantitative estimate of drug-likeness (QED) is 0.338. The van der Waals surface area contributed by atoms with Gasteiger partial charge in [-0.15, -0.1) is 0 Å². The molecule has 7 heteroatoms. The lowest BCUT2D eigenvalue weighted by molar-refractivity contribution is 0.0526. The number of halogens is 2. The summed E-state index contributed by atoms with van der Waals surface area (Å²) in [5.41, 5.74) is 3.25. The summed E-state index contributed by atoms with van der Waals surface area (Å²) in [5, 5.41) is 4.02. The molecule has 31 heavy (non-hydrogen) atoms. The van der Waals surface area contributed by atoms with Gasteiger partial charge < -0.3 is 19.5 Å². The molecule has 3 aromatic rings. The molecule has 0 amide bonds. The fourth-order valence-corrected chi connectivity index (χ4v) is 3.64. The van der Waals surface area contributed by atoms with Crippen molar-refractivity contribution in [2.24, 2.45) is 0 Å². The number of carbonyl (C=O) groups is 1. The number of benzene rings is 3. The average Bonchev–Trinajstić information content (AvgIpc) is 2.77. The Bertz CT molecular complexity index is 1040. The summed E-state index contributed by atoms with van der Waals surface area (Å²) in [6.07, 6.45) is 0. The van der Waals surface area contributed by atoms with Crippen molar-refractivity contribution < 1.29 is 19.0 Å². The van der Waals surface area contributed by atoms with Crippen molar-refractivity contribution in [1.82, 2.24) is 0 Å². The van der Waals surface area contributed by atoms with Crippen LogP contribution in [0.5, 0.6) is 11.5 Å². The number of hydrogen-bond acceptors (Lipinski definition) is 5. The molecule has 0 atom stereocenters. The van der Waals surface area contributed by atoms with Crippen molar-refractivity contribution in [3.05, 3.63) is 86.8 Å². The Morgan fingerprint density at radius 1 is 1.10 bits per heavy atom. The van der Waals surface area contributed by atoms with Gasteiger partial charge in [0.25, 0.3) is 0 Å². The van der Waals surface area contributed by atoms with Crippen molar-refractivity contribution >= 4 is 39.2 Å². The molecule has 0 heterocycles. The summed E-state index contributed by atoms with van der Waals surface area (Å²) in [5.74, 6) is 0.952. The smallest absolute Gasteiger partial charge is 0.338 e. The van der Waals surface area contributed by atoms with Crippen LogP contribution in [0.4, 0.5) is 5.69 Å². The Kier molecular flexibility index (Phi) is 8.20. The highest BCUT2D eigenvalue weighted by atomic mass is 79.9. The third-order valence-corrected chi connectivity index (χ3v) is 5.50. The third kappa shape index (κ3) is 6.15. The zero-order chi connectivity index (χ0) is 22.2. The van der Waals surface area contributed by atoms with Gasteiger partial charge in [0, 0.05) is 27.3 Å². The van der Waals surface area contributed by atoms with Gasteiger partial charge in [0.1, 0.15) is 6.61 Å². The lowest BCUT2D eigenvalue weighted by Gasteiger charge is -2.18. The molecule has 0 saturated heterocycles. The number of carbonyl (C=O) groups excluding carboxylic acids is 1. The van der Waals surface area contributed by atoms with Crippen LogP contribution in [0.15, 0.2) is 65.1 Å². The zero-order valence-electron chi connectivity index (χ0n) is 17.3. The summed E-state index contributed by atoms with van der Waals surface area (Å²) in [7, 11) is 1.61. The van der Waals surface area contributed by atoms with E-state index >= 15 is 0 Å². The van der Waals surface area contributed by atoms with Crippen molar-refractivity contribution in [3.8, 4) is 11.5 Å². The second-order valence-corrected chi connectivity index (χ2v) is 7.92. The standard InChI is InChI=1S/C24H23BrClNO4/c1-3-30-24(28)17-7-9-19(10-8-17)27-14-20-21(25)11-12-22(29-2)23(20)31-15-16-5-4-6-18(26)13-16/h4-13,27H,3,14-15H2,1-2H3. The third-order valence-electron chi connectivity index (χ3n) is 4.52.